The van der Waals surface area contributed by atoms with Crippen molar-refractivity contribution in [2.24, 2.45) is 0 Å². The number of pyridine rings is 1. The summed E-state index contributed by atoms with van der Waals surface area (Å²) in [7, 11) is 0. The largest absolute Gasteiger partial charge is 0.389 e. The van der Waals surface area contributed by atoms with Gasteiger partial charge >= 0.3 is 0 Å². The summed E-state index contributed by atoms with van der Waals surface area (Å²) in [6.45, 7) is 3.37. The Bertz CT molecular complexity index is 301. The molecule has 1 aromatic heterocycles. The van der Waals surface area contributed by atoms with Gasteiger partial charge in [-0.2, -0.15) is 0 Å². The molecule has 1 rings (SSSR count). The van der Waals surface area contributed by atoms with Crippen molar-refractivity contribution in [3.8, 4) is 0 Å². The topological polar surface area (TPSA) is 53.1 Å². The average molecular weight is 153 g/mol. The van der Waals surface area contributed by atoms with Crippen molar-refractivity contribution in [3.63, 3.8) is 0 Å². The van der Waals surface area contributed by atoms with Crippen LogP contribution in [0.3, 0.4) is 0 Å². The van der Waals surface area contributed by atoms with E-state index in [9.17, 15) is 4.79 Å². The highest BCUT2D eigenvalue weighted by molar-refractivity contribution is 5.18. The summed E-state index contributed by atoms with van der Waals surface area (Å²) in [4.78, 5) is 13.4. The molecule has 0 saturated carbocycles. The van der Waals surface area contributed by atoms with Crippen LogP contribution in [0.15, 0.2) is 17.1 Å². The standard InChI is InChI=1S/C8H11NO2/c1-5-3-7(6(2)10)4-9-8(5)11/h3-4,6,10H,1-2H3,(H,9,11)/t6-/m0/s1. The van der Waals surface area contributed by atoms with E-state index in [0.717, 1.165) is 5.56 Å². The second kappa shape index (κ2) is 2.88. The van der Waals surface area contributed by atoms with Gasteiger partial charge in [0.25, 0.3) is 5.56 Å². The fourth-order valence-electron chi connectivity index (χ4n) is 0.861. The second-order valence-corrected chi connectivity index (χ2v) is 2.62. The van der Waals surface area contributed by atoms with Crippen molar-refractivity contribution in [2.75, 3.05) is 0 Å². The average Bonchev–Trinajstić information content (AvgIpc) is 1.94. The molecule has 0 aliphatic rings. The highest BCUT2D eigenvalue weighted by Gasteiger charge is 2.01. The lowest BCUT2D eigenvalue weighted by Crippen LogP contribution is -2.09. The smallest absolute Gasteiger partial charge is 0.250 e. The number of aromatic amines is 1. The first-order valence-electron chi connectivity index (χ1n) is 3.48. The lowest BCUT2D eigenvalue weighted by molar-refractivity contribution is 0.198. The molecule has 0 amide bonds. The van der Waals surface area contributed by atoms with Crippen molar-refractivity contribution in [2.45, 2.75) is 20.0 Å². The zero-order valence-electron chi connectivity index (χ0n) is 6.59. The van der Waals surface area contributed by atoms with E-state index in [1.165, 1.54) is 6.20 Å². The van der Waals surface area contributed by atoms with E-state index in [-0.39, 0.29) is 5.56 Å². The van der Waals surface area contributed by atoms with E-state index >= 15 is 0 Å². The van der Waals surface area contributed by atoms with E-state index in [4.69, 9.17) is 5.11 Å². The van der Waals surface area contributed by atoms with Crippen LogP contribution >= 0.6 is 0 Å². The first kappa shape index (κ1) is 8.01. The van der Waals surface area contributed by atoms with Gasteiger partial charge in [-0.3, -0.25) is 4.79 Å². The summed E-state index contributed by atoms with van der Waals surface area (Å²) in [5.74, 6) is 0. The summed E-state index contributed by atoms with van der Waals surface area (Å²) in [5.41, 5.74) is 1.26. The Balaban J connectivity index is 3.15. The van der Waals surface area contributed by atoms with E-state index in [2.05, 4.69) is 4.98 Å². The Morgan fingerprint density at radius 1 is 1.64 bits per heavy atom. The Hall–Kier alpha value is -1.09. The lowest BCUT2D eigenvalue weighted by atomic mass is 10.1. The van der Waals surface area contributed by atoms with Gasteiger partial charge in [-0.1, -0.05) is 0 Å². The summed E-state index contributed by atoms with van der Waals surface area (Å²) < 4.78 is 0. The maximum Gasteiger partial charge on any atom is 0.250 e. The Morgan fingerprint density at radius 2 is 2.27 bits per heavy atom. The normalized spacial score (nSPS) is 13.0. The SMILES string of the molecule is Cc1cc([C@H](C)O)c[nH]c1=O. The molecule has 0 bridgehead atoms. The zero-order valence-corrected chi connectivity index (χ0v) is 6.59. The summed E-state index contributed by atoms with van der Waals surface area (Å²) in [6, 6.07) is 1.68. The first-order valence-corrected chi connectivity index (χ1v) is 3.48. The molecule has 0 spiro atoms. The molecular formula is C8H11NO2. The molecule has 1 aromatic rings. The van der Waals surface area contributed by atoms with Crippen molar-refractivity contribution in [1.29, 1.82) is 0 Å². The van der Waals surface area contributed by atoms with E-state index in [1.54, 1.807) is 19.9 Å². The van der Waals surface area contributed by atoms with Crippen molar-refractivity contribution >= 4 is 0 Å². The molecule has 0 aliphatic carbocycles. The van der Waals surface area contributed by atoms with Crippen LogP contribution in [0, 0.1) is 6.92 Å². The Morgan fingerprint density at radius 3 is 2.73 bits per heavy atom. The van der Waals surface area contributed by atoms with Gasteiger partial charge in [0.1, 0.15) is 0 Å². The summed E-state index contributed by atoms with van der Waals surface area (Å²) in [6.07, 6.45) is 1.01. The highest BCUT2D eigenvalue weighted by atomic mass is 16.3. The molecule has 60 valence electrons. The third kappa shape index (κ3) is 1.68. The Kier molecular flexibility index (Phi) is 2.10. The maximum absolute atomic E-state index is 10.9. The van der Waals surface area contributed by atoms with Crippen LogP contribution in [0.1, 0.15) is 24.2 Å². The van der Waals surface area contributed by atoms with E-state index in [0.29, 0.717) is 5.56 Å². The monoisotopic (exact) mass is 153 g/mol. The van der Waals surface area contributed by atoms with Gasteiger partial charge in [-0.05, 0) is 25.5 Å². The fourth-order valence-corrected chi connectivity index (χ4v) is 0.861. The molecule has 2 N–H and O–H groups in total. The molecule has 0 aromatic carbocycles. The number of hydrogen-bond acceptors (Lipinski definition) is 2. The van der Waals surface area contributed by atoms with Crippen molar-refractivity contribution < 1.29 is 5.11 Å². The molecule has 0 aliphatic heterocycles. The highest BCUT2D eigenvalue weighted by Crippen LogP contribution is 2.08. The minimum absolute atomic E-state index is 0.102. The van der Waals surface area contributed by atoms with Crippen LogP contribution in [0.5, 0.6) is 0 Å². The third-order valence-corrected chi connectivity index (χ3v) is 1.59. The molecule has 0 unspecified atom stereocenters. The number of H-pyrrole nitrogens is 1. The number of aryl methyl sites for hydroxylation is 1. The molecule has 0 fully saturated rings. The number of aliphatic hydroxyl groups is 1. The number of nitrogens with one attached hydrogen (secondary N) is 1. The quantitative estimate of drug-likeness (QED) is 0.625. The minimum atomic E-state index is -0.523. The van der Waals surface area contributed by atoms with Gasteiger partial charge in [-0.15, -0.1) is 0 Å². The predicted molar refractivity (Wildman–Crippen MR) is 42.4 cm³/mol. The van der Waals surface area contributed by atoms with E-state index < -0.39 is 6.10 Å². The van der Waals surface area contributed by atoms with Crippen LogP contribution in [-0.2, 0) is 0 Å². The molecule has 1 atom stereocenters. The number of aliphatic hydroxyl groups excluding tert-OH is 1. The fraction of sp³-hybridized carbons (Fsp3) is 0.375. The lowest BCUT2D eigenvalue weighted by Gasteiger charge is -2.03. The van der Waals surface area contributed by atoms with Gasteiger partial charge in [0, 0.05) is 11.8 Å². The summed E-state index contributed by atoms with van der Waals surface area (Å²) >= 11 is 0. The first-order chi connectivity index (χ1) is 5.11. The second-order valence-electron chi connectivity index (χ2n) is 2.62. The Labute approximate surface area is 64.7 Å². The minimum Gasteiger partial charge on any atom is -0.389 e. The number of aromatic nitrogens is 1. The molecule has 0 saturated heterocycles. The van der Waals surface area contributed by atoms with Gasteiger partial charge < -0.3 is 10.1 Å². The van der Waals surface area contributed by atoms with Crippen LogP contribution in [0.25, 0.3) is 0 Å². The molecule has 3 nitrogen and oxygen atoms in total. The zero-order chi connectivity index (χ0) is 8.43. The molecular weight excluding hydrogens is 142 g/mol. The van der Waals surface area contributed by atoms with Crippen LogP contribution < -0.4 is 5.56 Å². The van der Waals surface area contributed by atoms with Crippen LogP contribution in [-0.4, -0.2) is 10.1 Å². The van der Waals surface area contributed by atoms with Crippen molar-refractivity contribution in [1.82, 2.24) is 4.98 Å². The van der Waals surface area contributed by atoms with Crippen LogP contribution in [0.2, 0.25) is 0 Å². The predicted octanol–water partition coefficient (Wildman–Crippen LogP) is 0.737. The van der Waals surface area contributed by atoms with E-state index in [1.807, 2.05) is 0 Å². The number of rotatable bonds is 1. The summed E-state index contributed by atoms with van der Waals surface area (Å²) in [5, 5.41) is 9.12. The van der Waals surface area contributed by atoms with Gasteiger partial charge in [0.2, 0.25) is 0 Å². The van der Waals surface area contributed by atoms with Gasteiger partial charge in [0.05, 0.1) is 6.10 Å². The molecule has 0 radical (unpaired) electrons. The van der Waals surface area contributed by atoms with Gasteiger partial charge in [0.15, 0.2) is 0 Å². The van der Waals surface area contributed by atoms with Crippen molar-refractivity contribution in [3.05, 3.63) is 33.7 Å². The molecule has 11 heavy (non-hydrogen) atoms. The van der Waals surface area contributed by atoms with Gasteiger partial charge in [-0.25, -0.2) is 0 Å². The third-order valence-electron chi connectivity index (χ3n) is 1.59. The van der Waals surface area contributed by atoms with Crippen LogP contribution in [0.4, 0.5) is 0 Å². The maximum atomic E-state index is 10.9. The molecule has 3 heteroatoms. The number of hydrogen-bond donors (Lipinski definition) is 2. The molecule has 1 heterocycles.